The summed E-state index contributed by atoms with van der Waals surface area (Å²) in [7, 11) is 1.81. The number of benzene rings is 2. The first-order valence-corrected chi connectivity index (χ1v) is 12.9. The molecule has 176 valence electrons. The Morgan fingerprint density at radius 3 is 2.65 bits per heavy atom. The van der Waals surface area contributed by atoms with E-state index in [-0.39, 0.29) is 11.7 Å². The number of carbonyl (C=O) groups excluding carboxylic acids is 1. The molecule has 0 spiro atoms. The van der Waals surface area contributed by atoms with Gasteiger partial charge in [0.15, 0.2) is 22.2 Å². The summed E-state index contributed by atoms with van der Waals surface area (Å²) < 4.78 is 7.69. The molecule has 0 aliphatic carbocycles. The van der Waals surface area contributed by atoms with Gasteiger partial charge >= 0.3 is 0 Å². The molecule has 0 bridgehead atoms. The predicted octanol–water partition coefficient (Wildman–Crippen LogP) is 6.77. The molecule has 0 saturated carbocycles. The van der Waals surface area contributed by atoms with Crippen LogP contribution in [0.15, 0.2) is 53.0 Å². The van der Waals surface area contributed by atoms with Gasteiger partial charge in [-0.15, -0.1) is 21.5 Å². The van der Waals surface area contributed by atoms with Gasteiger partial charge in [-0.2, -0.15) is 0 Å². The first-order valence-electron chi connectivity index (χ1n) is 9.95. The molecule has 12 heteroatoms. The van der Waals surface area contributed by atoms with E-state index in [0.717, 1.165) is 11.3 Å². The van der Waals surface area contributed by atoms with E-state index in [1.54, 1.807) is 34.9 Å². The standard InChI is InChI=1S/C22H18Cl3N5O2S2/c1-12(32-18-9-15(24)7-8-16(18)25)20-28-29-22(30(20)2)34-11-19(31)27-21-26-17(10-33-21)13-3-5-14(23)6-4-13/h3-10,12H,11H2,1-2H3,(H,26,27,31). The number of anilines is 1. The van der Waals surface area contributed by atoms with Crippen LogP contribution in [0.25, 0.3) is 11.3 Å². The summed E-state index contributed by atoms with van der Waals surface area (Å²) in [5.74, 6) is 1.00. The maximum absolute atomic E-state index is 12.4. The van der Waals surface area contributed by atoms with E-state index in [0.29, 0.717) is 36.9 Å². The SMILES string of the molecule is CC(Oc1cc(Cl)ccc1Cl)c1nnc(SCC(=O)Nc2nc(-c3ccc(Cl)cc3)cs2)n1C. The molecule has 0 radical (unpaired) electrons. The Kier molecular flexibility index (Phi) is 8.00. The lowest BCUT2D eigenvalue weighted by molar-refractivity contribution is -0.113. The number of thiazole rings is 1. The zero-order valence-corrected chi connectivity index (χ0v) is 21.9. The van der Waals surface area contributed by atoms with Crippen molar-refractivity contribution in [2.24, 2.45) is 7.05 Å². The average Bonchev–Trinajstić information content (AvgIpc) is 3.42. The Labute approximate surface area is 219 Å². The first kappa shape index (κ1) is 24.8. The lowest BCUT2D eigenvalue weighted by Crippen LogP contribution is -2.14. The second-order valence-electron chi connectivity index (χ2n) is 7.12. The van der Waals surface area contributed by atoms with Gasteiger partial charge in [-0.25, -0.2) is 4.98 Å². The molecule has 1 amide bonds. The van der Waals surface area contributed by atoms with Crippen LogP contribution in [0.4, 0.5) is 5.13 Å². The highest BCUT2D eigenvalue weighted by atomic mass is 35.5. The van der Waals surface area contributed by atoms with Crippen LogP contribution in [-0.2, 0) is 11.8 Å². The average molecular weight is 555 g/mol. The van der Waals surface area contributed by atoms with Crippen LogP contribution < -0.4 is 10.1 Å². The smallest absolute Gasteiger partial charge is 0.236 e. The van der Waals surface area contributed by atoms with E-state index >= 15 is 0 Å². The van der Waals surface area contributed by atoms with E-state index in [1.165, 1.54) is 23.1 Å². The Morgan fingerprint density at radius 1 is 1.15 bits per heavy atom. The number of thioether (sulfide) groups is 1. The summed E-state index contributed by atoms with van der Waals surface area (Å²) in [5, 5.41) is 15.8. The molecule has 0 fully saturated rings. The van der Waals surface area contributed by atoms with Crippen molar-refractivity contribution >= 4 is 68.9 Å². The molecule has 2 heterocycles. The second kappa shape index (κ2) is 11.0. The number of ether oxygens (including phenoxy) is 1. The van der Waals surface area contributed by atoms with Crippen molar-refractivity contribution in [3.63, 3.8) is 0 Å². The van der Waals surface area contributed by atoms with Gasteiger partial charge in [0.1, 0.15) is 5.75 Å². The maximum Gasteiger partial charge on any atom is 0.236 e. The quantitative estimate of drug-likeness (QED) is 0.242. The first-order chi connectivity index (χ1) is 16.3. The lowest BCUT2D eigenvalue weighted by atomic mass is 10.2. The Morgan fingerprint density at radius 2 is 1.88 bits per heavy atom. The molecule has 2 aromatic heterocycles. The third kappa shape index (κ3) is 6.03. The molecule has 1 N–H and O–H groups in total. The number of nitrogens with zero attached hydrogens (tertiary/aromatic N) is 4. The number of hydrogen-bond donors (Lipinski definition) is 1. The molecule has 1 unspecified atom stereocenters. The van der Waals surface area contributed by atoms with E-state index in [9.17, 15) is 4.79 Å². The van der Waals surface area contributed by atoms with Crippen LogP contribution in [-0.4, -0.2) is 31.4 Å². The summed E-state index contributed by atoms with van der Waals surface area (Å²) in [5.41, 5.74) is 1.70. The topological polar surface area (TPSA) is 81.9 Å². The molecule has 0 aliphatic rings. The van der Waals surface area contributed by atoms with Crippen LogP contribution in [0.1, 0.15) is 18.9 Å². The number of aromatic nitrogens is 4. The highest BCUT2D eigenvalue weighted by Gasteiger charge is 2.19. The van der Waals surface area contributed by atoms with Crippen LogP contribution in [0.5, 0.6) is 5.75 Å². The molecular weight excluding hydrogens is 537 g/mol. The fraction of sp³-hybridized carbons (Fsp3) is 0.182. The number of halogens is 3. The number of rotatable bonds is 8. The summed E-state index contributed by atoms with van der Waals surface area (Å²) in [6, 6.07) is 12.4. The summed E-state index contributed by atoms with van der Waals surface area (Å²) >= 11 is 20.8. The van der Waals surface area contributed by atoms with Gasteiger partial charge in [-0.05, 0) is 31.2 Å². The van der Waals surface area contributed by atoms with Gasteiger partial charge in [0.2, 0.25) is 5.91 Å². The Hall–Kier alpha value is -2.30. The number of hydrogen-bond acceptors (Lipinski definition) is 7. The summed E-state index contributed by atoms with van der Waals surface area (Å²) in [6.07, 6.45) is -0.432. The highest BCUT2D eigenvalue weighted by Crippen LogP contribution is 2.32. The van der Waals surface area contributed by atoms with Gasteiger partial charge in [0, 0.05) is 34.1 Å². The van der Waals surface area contributed by atoms with Crippen molar-refractivity contribution in [2.75, 3.05) is 11.1 Å². The summed E-state index contributed by atoms with van der Waals surface area (Å²) in [6.45, 7) is 1.84. The van der Waals surface area contributed by atoms with Gasteiger partial charge in [0.25, 0.3) is 0 Å². The van der Waals surface area contributed by atoms with Crippen molar-refractivity contribution in [3.05, 3.63) is 68.7 Å². The fourth-order valence-electron chi connectivity index (χ4n) is 2.99. The molecule has 0 saturated heterocycles. The van der Waals surface area contributed by atoms with E-state index < -0.39 is 6.10 Å². The van der Waals surface area contributed by atoms with Crippen LogP contribution in [0.2, 0.25) is 15.1 Å². The molecule has 2 aromatic carbocycles. The minimum atomic E-state index is -0.432. The normalized spacial score (nSPS) is 11.9. The zero-order chi connectivity index (χ0) is 24.2. The lowest BCUT2D eigenvalue weighted by Gasteiger charge is -2.15. The molecule has 4 rings (SSSR count). The van der Waals surface area contributed by atoms with E-state index in [1.807, 2.05) is 31.5 Å². The zero-order valence-electron chi connectivity index (χ0n) is 18.0. The van der Waals surface area contributed by atoms with Crippen molar-refractivity contribution in [2.45, 2.75) is 18.2 Å². The van der Waals surface area contributed by atoms with Gasteiger partial charge in [0.05, 0.1) is 16.5 Å². The highest BCUT2D eigenvalue weighted by molar-refractivity contribution is 7.99. The largest absolute Gasteiger partial charge is 0.481 e. The van der Waals surface area contributed by atoms with Gasteiger partial charge < -0.3 is 14.6 Å². The number of amides is 1. The minimum Gasteiger partial charge on any atom is -0.481 e. The Balaban J connectivity index is 1.34. The second-order valence-corrected chi connectivity index (χ2v) is 10.2. The third-order valence-corrected chi connectivity index (χ3v) is 7.23. The van der Waals surface area contributed by atoms with E-state index in [4.69, 9.17) is 39.5 Å². The fourth-order valence-corrected chi connectivity index (χ4v) is 4.89. The van der Waals surface area contributed by atoms with Gasteiger partial charge in [-0.1, -0.05) is 58.7 Å². The Bertz CT molecular complexity index is 1310. The molecule has 0 aliphatic heterocycles. The summed E-state index contributed by atoms with van der Waals surface area (Å²) in [4.78, 5) is 16.9. The molecule has 34 heavy (non-hydrogen) atoms. The molecule has 7 nitrogen and oxygen atoms in total. The predicted molar refractivity (Wildman–Crippen MR) is 138 cm³/mol. The van der Waals surface area contributed by atoms with Crippen LogP contribution in [0.3, 0.4) is 0 Å². The van der Waals surface area contributed by atoms with E-state index in [2.05, 4.69) is 20.5 Å². The monoisotopic (exact) mass is 553 g/mol. The maximum atomic E-state index is 12.4. The molecule has 4 aromatic rings. The number of carbonyl (C=O) groups is 1. The minimum absolute atomic E-state index is 0.150. The third-order valence-electron chi connectivity index (χ3n) is 4.65. The molecule has 1 atom stereocenters. The van der Waals surface area contributed by atoms with Crippen molar-refractivity contribution < 1.29 is 9.53 Å². The van der Waals surface area contributed by atoms with Crippen LogP contribution in [0, 0.1) is 0 Å². The van der Waals surface area contributed by atoms with Crippen molar-refractivity contribution in [3.8, 4) is 17.0 Å². The molecular formula is C22H18Cl3N5O2S2. The van der Waals surface area contributed by atoms with Gasteiger partial charge in [-0.3, -0.25) is 4.79 Å². The van der Waals surface area contributed by atoms with Crippen molar-refractivity contribution in [1.29, 1.82) is 0 Å². The van der Waals surface area contributed by atoms with Crippen LogP contribution >= 0.6 is 57.9 Å². The number of nitrogens with one attached hydrogen (secondary N) is 1. The van der Waals surface area contributed by atoms with Crippen molar-refractivity contribution in [1.82, 2.24) is 19.7 Å².